The summed E-state index contributed by atoms with van der Waals surface area (Å²) >= 11 is 0. The van der Waals surface area contributed by atoms with E-state index in [0.717, 1.165) is 27.6 Å². The van der Waals surface area contributed by atoms with E-state index in [2.05, 4.69) is 5.32 Å². The Balaban J connectivity index is 1.75. The number of benzene rings is 3. The van der Waals surface area contributed by atoms with E-state index in [0.29, 0.717) is 31.0 Å². The molecule has 3 rings (SSSR count). The number of anilines is 1. The van der Waals surface area contributed by atoms with Gasteiger partial charge >= 0.3 is 0 Å². The number of para-hydroxylation sites is 2. The number of ether oxygens (including phenoxy) is 2. The van der Waals surface area contributed by atoms with Crippen LogP contribution in [0.15, 0.2) is 77.7 Å². The van der Waals surface area contributed by atoms with Crippen LogP contribution in [0.2, 0.25) is 0 Å². The van der Waals surface area contributed by atoms with Gasteiger partial charge in [0.1, 0.15) is 18.0 Å². The first-order valence-electron chi connectivity index (χ1n) is 11.6. The summed E-state index contributed by atoms with van der Waals surface area (Å²) in [5, 5.41) is 2.85. The topological polar surface area (TPSA) is 84.9 Å². The van der Waals surface area contributed by atoms with Crippen molar-refractivity contribution in [1.82, 2.24) is 5.32 Å². The second-order valence-corrected chi connectivity index (χ2v) is 9.89. The number of methoxy groups -OCH3 is 1. The van der Waals surface area contributed by atoms with Gasteiger partial charge in [0, 0.05) is 6.54 Å². The zero-order valence-corrected chi connectivity index (χ0v) is 21.2. The maximum absolute atomic E-state index is 13.6. The Kier molecular flexibility index (Phi) is 9.14. The number of amides is 1. The van der Waals surface area contributed by atoms with Gasteiger partial charge in [0.2, 0.25) is 5.91 Å². The first-order chi connectivity index (χ1) is 16.8. The molecule has 1 N–H and O–H groups in total. The van der Waals surface area contributed by atoms with Crippen LogP contribution in [0.3, 0.4) is 0 Å². The number of sulfonamides is 1. The summed E-state index contributed by atoms with van der Waals surface area (Å²) in [5.41, 5.74) is 2.37. The summed E-state index contributed by atoms with van der Waals surface area (Å²) in [5.74, 6) is 0.797. The average Bonchev–Trinajstić information content (AvgIpc) is 2.86. The Labute approximate surface area is 207 Å². The molecule has 0 spiro atoms. The number of nitrogens with zero attached hydrogens (tertiary/aromatic N) is 1. The molecule has 0 aliphatic rings. The predicted octanol–water partition coefficient (Wildman–Crippen LogP) is 4.35. The minimum Gasteiger partial charge on any atom is -0.497 e. The number of carbonyl (C=O) groups is 1. The zero-order chi connectivity index (χ0) is 25.3. The third kappa shape index (κ3) is 6.99. The van der Waals surface area contributed by atoms with Gasteiger partial charge in [-0.05, 0) is 68.7 Å². The molecule has 0 saturated heterocycles. The Morgan fingerprint density at radius 2 is 1.74 bits per heavy atom. The maximum Gasteiger partial charge on any atom is 0.264 e. The molecule has 7 nitrogen and oxygen atoms in total. The number of hydrogen-bond acceptors (Lipinski definition) is 5. The van der Waals surface area contributed by atoms with Crippen LogP contribution in [-0.4, -0.2) is 41.1 Å². The normalized spacial score (nSPS) is 11.1. The Bertz CT molecular complexity index is 1230. The lowest BCUT2D eigenvalue weighted by molar-refractivity contribution is -0.119. The highest BCUT2D eigenvalue weighted by molar-refractivity contribution is 7.92. The molecule has 1 amide bonds. The van der Waals surface area contributed by atoms with Crippen molar-refractivity contribution in [3.8, 4) is 11.5 Å². The molecule has 3 aromatic rings. The van der Waals surface area contributed by atoms with Gasteiger partial charge in [-0.25, -0.2) is 8.42 Å². The lowest BCUT2D eigenvalue weighted by Crippen LogP contribution is -2.41. The van der Waals surface area contributed by atoms with Gasteiger partial charge in [0.05, 0.1) is 24.3 Å². The molecular formula is C27H32N2O5S. The molecule has 0 saturated carbocycles. The van der Waals surface area contributed by atoms with E-state index in [1.54, 1.807) is 55.6 Å². The van der Waals surface area contributed by atoms with E-state index >= 15 is 0 Å². The zero-order valence-electron chi connectivity index (χ0n) is 20.4. The number of hydrogen-bond donors (Lipinski definition) is 1. The largest absolute Gasteiger partial charge is 0.497 e. The molecule has 0 heterocycles. The molecule has 0 radical (unpaired) electrons. The molecule has 0 fully saturated rings. The van der Waals surface area contributed by atoms with Crippen molar-refractivity contribution >= 4 is 21.6 Å². The van der Waals surface area contributed by atoms with Crippen LogP contribution in [0.1, 0.15) is 24.5 Å². The fourth-order valence-electron chi connectivity index (χ4n) is 3.61. The SMILES string of the molecule is CCOc1ccccc1N(CC(=O)NCCCc1cccc(OC)c1)S(=O)(=O)c1ccc(C)cc1. The summed E-state index contributed by atoms with van der Waals surface area (Å²) in [7, 11) is -2.38. The van der Waals surface area contributed by atoms with Crippen LogP contribution in [0.5, 0.6) is 11.5 Å². The Hall–Kier alpha value is -3.52. The molecule has 0 aromatic heterocycles. The number of aryl methyl sites for hydroxylation is 2. The van der Waals surface area contributed by atoms with Gasteiger partial charge in [-0.15, -0.1) is 0 Å². The third-order valence-electron chi connectivity index (χ3n) is 5.43. The van der Waals surface area contributed by atoms with Crippen molar-refractivity contribution in [2.24, 2.45) is 0 Å². The van der Waals surface area contributed by atoms with Gasteiger partial charge in [0.25, 0.3) is 10.0 Å². The van der Waals surface area contributed by atoms with Crippen LogP contribution in [0.4, 0.5) is 5.69 Å². The molecule has 3 aromatic carbocycles. The number of rotatable bonds is 12. The van der Waals surface area contributed by atoms with Gasteiger partial charge < -0.3 is 14.8 Å². The van der Waals surface area contributed by atoms with Crippen LogP contribution in [-0.2, 0) is 21.2 Å². The quantitative estimate of drug-likeness (QED) is 0.377. The van der Waals surface area contributed by atoms with E-state index in [-0.39, 0.29) is 11.4 Å². The minimum atomic E-state index is -4.01. The predicted molar refractivity (Wildman–Crippen MR) is 138 cm³/mol. The van der Waals surface area contributed by atoms with Crippen molar-refractivity contribution in [3.63, 3.8) is 0 Å². The fraction of sp³-hybridized carbons (Fsp3) is 0.296. The van der Waals surface area contributed by atoms with Gasteiger partial charge in [-0.2, -0.15) is 0 Å². The van der Waals surface area contributed by atoms with E-state index < -0.39 is 15.9 Å². The molecule has 8 heteroatoms. The lowest BCUT2D eigenvalue weighted by atomic mass is 10.1. The Morgan fingerprint density at radius 3 is 2.46 bits per heavy atom. The van der Waals surface area contributed by atoms with Crippen molar-refractivity contribution in [2.75, 3.05) is 31.1 Å². The van der Waals surface area contributed by atoms with Crippen molar-refractivity contribution < 1.29 is 22.7 Å². The lowest BCUT2D eigenvalue weighted by Gasteiger charge is -2.26. The number of carbonyl (C=O) groups excluding carboxylic acids is 1. The fourth-order valence-corrected chi connectivity index (χ4v) is 5.04. The smallest absolute Gasteiger partial charge is 0.264 e. The highest BCUT2D eigenvalue weighted by Gasteiger charge is 2.29. The maximum atomic E-state index is 13.6. The van der Waals surface area contributed by atoms with Gasteiger partial charge in [-0.1, -0.05) is 42.0 Å². The summed E-state index contributed by atoms with van der Waals surface area (Å²) in [6.07, 6.45) is 1.47. The molecule has 0 unspecified atom stereocenters. The molecule has 35 heavy (non-hydrogen) atoms. The number of nitrogens with one attached hydrogen (secondary N) is 1. The monoisotopic (exact) mass is 496 g/mol. The van der Waals surface area contributed by atoms with E-state index in [9.17, 15) is 13.2 Å². The molecule has 0 atom stereocenters. The van der Waals surface area contributed by atoms with Crippen LogP contribution in [0, 0.1) is 6.92 Å². The van der Waals surface area contributed by atoms with Crippen molar-refractivity contribution in [3.05, 3.63) is 83.9 Å². The van der Waals surface area contributed by atoms with Gasteiger partial charge in [0.15, 0.2) is 0 Å². The van der Waals surface area contributed by atoms with E-state index in [1.807, 2.05) is 38.1 Å². The second kappa shape index (κ2) is 12.3. The first-order valence-corrected chi connectivity index (χ1v) is 13.0. The Morgan fingerprint density at radius 1 is 1.00 bits per heavy atom. The highest BCUT2D eigenvalue weighted by atomic mass is 32.2. The van der Waals surface area contributed by atoms with Gasteiger partial charge in [-0.3, -0.25) is 9.10 Å². The van der Waals surface area contributed by atoms with E-state index in [1.165, 1.54) is 0 Å². The average molecular weight is 497 g/mol. The summed E-state index contributed by atoms with van der Waals surface area (Å²) in [6, 6.07) is 21.2. The summed E-state index contributed by atoms with van der Waals surface area (Å²) < 4.78 is 39.2. The molecule has 0 aliphatic carbocycles. The first kappa shape index (κ1) is 26.1. The van der Waals surface area contributed by atoms with E-state index in [4.69, 9.17) is 9.47 Å². The van der Waals surface area contributed by atoms with Crippen LogP contribution >= 0.6 is 0 Å². The molecular weight excluding hydrogens is 464 g/mol. The van der Waals surface area contributed by atoms with Crippen LogP contribution < -0.4 is 19.1 Å². The molecule has 0 bridgehead atoms. The standard InChI is InChI=1S/C27H32N2O5S/c1-4-34-26-13-6-5-12-25(26)29(35(31,32)24-16-14-21(2)15-17-24)20-27(30)28-18-8-10-22-9-7-11-23(19-22)33-3/h5-7,9,11-17,19H,4,8,10,18,20H2,1-3H3,(H,28,30). The third-order valence-corrected chi connectivity index (χ3v) is 7.20. The van der Waals surface area contributed by atoms with Crippen molar-refractivity contribution in [1.29, 1.82) is 0 Å². The van der Waals surface area contributed by atoms with Crippen molar-refractivity contribution in [2.45, 2.75) is 31.6 Å². The minimum absolute atomic E-state index is 0.111. The molecule has 0 aliphatic heterocycles. The molecule has 186 valence electrons. The summed E-state index contributed by atoms with van der Waals surface area (Å²) in [6.45, 7) is 4.13. The van der Waals surface area contributed by atoms with Crippen LogP contribution in [0.25, 0.3) is 0 Å². The highest BCUT2D eigenvalue weighted by Crippen LogP contribution is 2.32. The second-order valence-electron chi connectivity index (χ2n) is 8.03. The summed E-state index contributed by atoms with van der Waals surface area (Å²) in [4.78, 5) is 13.0.